The molecule has 0 saturated heterocycles. The van der Waals surface area contributed by atoms with E-state index in [1.807, 2.05) is 25.1 Å². The Kier molecular flexibility index (Phi) is 13.9. The molecule has 0 aliphatic heterocycles. The third kappa shape index (κ3) is 9.68. The zero-order valence-corrected chi connectivity index (χ0v) is 32.5. The number of nitrogens with zero attached hydrogens (tertiary/aromatic N) is 2. The van der Waals surface area contributed by atoms with Crippen molar-refractivity contribution in [1.82, 2.24) is 9.47 Å². The van der Waals surface area contributed by atoms with Crippen molar-refractivity contribution in [2.75, 3.05) is 44.1 Å². The van der Waals surface area contributed by atoms with Gasteiger partial charge >= 0.3 is 11.9 Å². The van der Waals surface area contributed by atoms with Crippen LogP contribution in [-0.4, -0.2) is 71.7 Å². The van der Waals surface area contributed by atoms with Crippen LogP contribution in [0.3, 0.4) is 0 Å². The monoisotopic (exact) mass is 797 g/mol. The van der Waals surface area contributed by atoms with Crippen molar-refractivity contribution in [3.63, 3.8) is 0 Å². The van der Waals surface area contributed by atoms with Gasteiger partial charge in [-0.25, -0.2) is 4.79 Å². The molecule has 2 N–H and O–H groups in total. The van der Waals surface area contributed by atoms with E-state index in [1.54, 1.807) is 48.1 Å². The highest BCUT2D eigenvalue weighted by Crippen LogP contribution is 2.32. The van der Waals surface area contributed by atoms with Gasteiger partial charge in [0.1, 0.15) is 19.0 Å². The second-order valence-electron chi connectivity index (χ2n) is 12.6. The van der Waals surface area contributed by atoms with E-state index in [0.29, 0.717) is 72.9 Å². The Morgan fingerprint density at radius 3 is 2.37 bits per heavy atom. The maximum absolute atomic E-state index is 13.5. The molecule has 51 heavy (non-hydrogen) atoms. The smallest absolute Gasteiger partial charge is 0.338 e. The van der Waals surface area contributed by atoms with Crippen molar-refractivity contribution in [2.45, 2.75) is 65.0 Å². The Hall–Kier alpha value is -3.51. The molecule has 0 atom stereocenters. The van der Waals surface area contributed by atoms with E-state index in [0.717, 1.165) is 17.5 Å². The summed E-state index contributed by atoms with van der Waals surface area (Å²) < 4.78 is 18.9. The molecule has 3 aromatic carbocycles. The highest BCUT2D eigenvalue weighted by Gasteiger charge is 2.24. The molecule has 1 saturated carbocycles. The largest absolute Gasteiger partial charge is 0.497 e. The molecule has 4 aromatic rings. The summed E-state index contributed by atoms with van der Waals surface area (Å²) in [6, 6.07) is 16.2. The Labute approximate surface area is 317 Å². The van der Waals surface area contributed by atoms with Crippen LogP contribution in [0.15, 0.2) is 59.1 Å². The second kappa shape index (κ2) is 18.3. The quantitative estimate of drug-likeness (QED) is 0.0719. The molecule has 1 aliphatic carbocycles. The summed E-state index contributed by atoms with van der Waals surface area (Å²) >= 11 is 11.1. The van der Waals surface area contributed by atoms with Crippen LogP contribution in [0.2, 0.25) is 5.02 Å². The Bertz CT molecular complexity index is 1860. The minimum absolute atomic E-state index is 0.00547. The molecule has 0 spiro atoms. The number of anilines is 1. The van der Waals surface area contributed by atoms with Gasteiger partial charge in [-0.3, -0.25) is 19.1 Å². The standard InChI is InChI=1S/C39H45BrClN3O6S/c1-4-43(30-8-6-5-7-9-30)24-28-20-27(21-34(40)37(28)42)39(47)50-17-19-51-18-16-49-36(45)23-32-25(2)44(35-15-14-31(48-3)22-33(32)35)38(46)26-10-12-29(41)13-11-26/h10-15,20-22,30H,4-9,16-19,23-24,42H2,1-3H3. The Balaban J connectivity index is 1.11. The number of carbonyl (C=O) groups is 3. The van der Waals surface area contributed by atoms with Gasteiger partial charge in [-0.1, -0.05) is 37.8 Å². The summed E-state index contributed by atoms with van der Waals surface area (Å²) in [4.78, 5) is 41.9. The van der Waals surface area contributed by atoms with Crippen molar-refractivity contribution in [2.24, 2.45) is 0 Å². The fourth-order valence-electron chi connectivity index (χ4n) is 6.67. The molecule has 12 heteroatoms. The number of carbonyl (C=O) groups excluding carboxylic acids is 3. The SMILES string of the molecule is CCN(Cc1cc(C(=O)OCCSCCOC(=O)Cc2c(C)n(C(=O)c3ccc(Cl)cc3)c3ccc(OC)cc23)cc(Br)c1N)C1CCCCC1. The van der Waals surface area contributed by atoms with Crippen LogP contribution in [0.5, 0.6) is 5.75 Å². The van der Waals surface area contributed by atoms with Crippen molar-refractivity contribution < 1.29 is 28.6 Å². The van der Waals surface area contributed by atoms with E-state index in [2.05, 4.69) is 27.8 Å². The van der Waals surface area contributed by atoms with Gasteiger partial charge in [0.2, 0.25) is 0 Å². The van der Waals surface area contributed by atoms with Gasteiger partial charge in [0.05, 0.1) is 30.3 Å². The first-order chi connectivity index (χ1) is 24.6. The highest BCUT2D eigenvalue weighted by atomic mass is 79.9. The number of ether oxygens (including phenoxy) is 3. The normalized spacial score (nSPS) is 13.5. The number of methoxy groups -OCH3 is 1. The van der Waals surface area contributed by atoms with E-state index >= 15 is 0 Å². The van der Waals surface area contributed by atoms with Crippen molar-refractivity contribution in [1.29, 1.82) is 0 Å². The number of halogens is 2. The molecule has 0 bridgehead atoms. The lowest BCUT2D eigenvalue weighted by atomic mass is 9.93. The van der Waals surface area contributed by atoms with Gasteiger partial charge in [0.25, 0.3) is 5.91 Å². The minimum Gasteiger partial charge on any atom is -0.497 e. The lowest BCUT2D eigenvalue weighted by molar-refractivity contribution is -0.142. The maximum atomic E-state index is 13.5. The molecule has 0 amide bonds. The zero-order chi connectivity index (χ0) is 36.5. The Morgan fingerprint density at radius 2 is 1.69 bits per heavy atom. The predicted octanol–water partition coefficient (Wildman–Crippen LogP) is 8.48. The number of nitrogen functional groups attached to an aromatic ring is 1. The van der Waals surface area contributed by atoms with Crippen molar-refractivity contribution in [3.05, 3.63) is 92.0 Å². The summed E-state index contributed by atoms with van der Waals surface area (Å²) in [5.74, 6) is 0.687. The van der Waals surface area contributed by atoms with Crippen molar-refractivity contribution in [3.8, 4) is 5.75 Å². The van der Waals surface area contributed by atoms with Gasteiger partial charge in [-0.05, 0) is 108 Å². The van der Waals surface area contributed by atoms with E-state index < -0.39 is 11.9 Å². The fraction of sp³-hybridized carbons (Fsp3) is 0.410. The molecular formula is C39H45BrClN3O6S. The van der Waals surface area contributed by atoms with Crippen LogP contribution >= 0.6 is 39.3 Å². The molecule has 1 aliphatic rings. The molecular weight excluding hydrogens is 754 g/mol. The lowest BCUT2D eigenvalue weighted by Gasteiger charge is -2.34. The third-order valence-corrected chi connectivity index (χ3v) is 11.2. The number of aromatic nitrogens is 1. The van der Waals surface area contributed by atoms with E-state index in [-0.39, 0.29) is 25.5 Å². The first-order valence-corrected chi connectivity index (χ1v) is 19.6. The van der Waals surface area contributed by atoms with Gasteiger partial charge in [-0.15, -0.1) is 0 Å². The molecule has 1 fully saturated rings. The number of thioether (sulfide) groups is 1. The van der Waals surface area contributed by atoms with E-state index in [9.17, 15) is 14.4 Å². The Morgan fingerprint density at radius 1 is 0.980 bits per heavy atom. The maximum Gasteiger partial charge on any atom is 0.338 e. The number of benzene rings is 3. The van der Waals surface area contributed by atoms with Gasteiger partial charge < -0.3 is 19.9 Å². The van der Waals surface area contributed by atoms with Crippen LogP contribution in [0.4, 0.5) is 5.69 Å². The number of rotatable bonds is 15. The lowest BCUT2D eigenvalue weighted by Crippen LogP contribution is -2.36. The highest BCUT2D eigenvalue weighted by molar-refractivity contribution is 9.10. The fourth-order valence-corrected chi connectivity index (χ4v) is 7.91. The number of fused-ring (bicyclic) bond motifs is 1. The number of nitrogens with two attached hydrogens (primary N) is 1. The first kappa shape index (κ1) is 38.7. The van der Waals surface area contributed by atoms with Crippen LogP contribution < -0.4 is 10.5 Å². The topological polar surface area (TPSA) is 113 Å². The van der Waals surface area contributed by atoms with Crippen LogP contribution in [0, 0.1) is 6.92 Å². The molecule has 272 valence electrons. The second-order valence-corrected chi connectivity index (χ2v) is 15.1. The van der Waals surface area contributed by atoms with Crippen molar-refractivity contribution >= 4 is 73.7 Å². The summed E-state index contributed by atoms with van der Waals surface area (Å²) in [7, 11) is 1.57. The van der Waals surface area contributed by atoms with Crippen LogP contribution in [-0.2, 0) is 27.2 Å². The van der Waals surface area contributed by atoms with Gasteiger partial charge in [0.15, 0.2) is 0 Å². The van der Waals surface area contributed by atoms with Crippen LogP contribution in [0.25, 0.3) is 10.9 Å². The summed E-state index contributed by atoms with van der Waals surface area (Å²) in [5, 5.41) is 1.28. The average molecular weight is 799 g/mol. The first-order valence-electron chi connectivity index (χ1n) is 17.3. The van der Waals surface area contributed by atoms with Gasteiger partial charge in [-0.2, -0.15) is 11.8 Å². The molecule has 0 radical (unpaired) electrons. The minimum atomic E-state index is -0.402. The third-order valence-electron chi connectivity index (χ3n) is 9.43. The number of hydrogen-bond donors (Lipinski definition) is 1. The van der Waals surface area contributed by atoms with E-state index in [1.165, 1.54) is 43.9 Å². The van der Waals surface area contributed by atoms with Crippen LogP contribution in [0.1, 0.15) is 76.6 Å². The number of hydrogen-bond acceptors (Lipinski definition) is 9. The van der Waals surface area contributed by atoms with Gasteiger partial charge in [0, 0.05) is 50.2 Å². The number of esters is 2. The summed E-state index contributed by atoms with van der Waals surface area (Å²) in [5.41, 5.74) is 11.0. The zero-order valence-electron chi connectivity index (χ0n) is 29.3. The predicted molar refractivity (Wildman–Crippen MR) is 208 cm³/mol. The molecule has 0 unspecified atom stereocenters. The summed E-state index contributed by atoms with van der Waals surface area (Å²) in [6.45, 7) is 6.03. The molecule has 1 aromatic heterocycles. The van der Waals surface area contributed by atoms with E-state index in [4.69, 9.17) is 31.5 Å². The molecule has 5 rings (SSSR count). The molecule has 1 heterocycles. The molecule has 9 nitrogen and oxygen atoms in total. The summed E-state index contributed by atoms with van der Waals surface area (Å²) in [6.07, 6.45) is 6.20. The average Bonchev–Trinajstić information content (AvgIpc) is 3.41.